The molecule has 2 aromatic rings. The van der Waals surface area contributed by atoms with Crippen molar-refractivity contribution in [2.24, 2.45) is 5.73 Å². The molecule has 1 atom stereocenters. The van der Waals surface area contributed by atoms with Crippen LogP contribution in [0.25, 0.3) is 0 Å². The maximum atomic E-state index is 13.2. The lowest BCUT2D eigenvalue weighted by molar-refractivity contribution is 0.622. The van der Waals surface area contributed by atoms with Crippen molar-refractivity contribution in [2.75, 3.05) is 5.75 Å². The highest BCUT2D eigenvalue weighted by molar-refractivity contribution is 9.10. The van der Waals surface area contributed by atoms with Gasteiger partial charge in [0.2, 0.25) is 0 Å². The molecular formula is C15H14Br2FNS. The predicted octanol–water partition coefficient (Wildman–Crippen LogP) is 5.01. The second kappa shape index (κ2) is 7.59. The highest BCUT2D eigenvalue weighted by Crippen LogP contribution is 2.24. The zero-order chi connectivity index (χ0) is 14.5. The van der Waals surface area contributed by atoms with Gasteiger partial charge in [0, 0.05) is 25.6 Å². The lowest BCUT2D eigenvalue weighted by atomic mass is 10.1. The fourth-order valence-electron chi connectivity index (χ4n) is 1.80. The largest absolute Gasteiger partial charge is 0.327 e. The molecule has 0 radical (unpaired) electrons. The Morgan fingerprint density at radius 1 is 1.15 bits per heavy atom. The fraction of sp³-hybridized carbons (Fsp3) is 0.200. The molecule has 5 heteroatoms. The Labute approximate surface area is 139 Å². The van der Waals surface area contributed by atoms with Gasteiger partial charge in [-0.2, -0.15) is 0 Å². The summed E-state index contributed by atoms with van der Waals surface area (Å²) in [7, 11) is 0. The molecule has 2 rings (SSSR count). The van der Waals surface area contributed by atoms with Gasteiger partial charge in [-0.25, -0.2) is 4.39 Å². The molecule has 0 saturated heterocycles. The van der Waals surface area contributed by atoms with Gasteiger partial charge in [-0.05, 0) is 48.4 Å². The van der Waals surface area contributed by atoms with Gasteiger partial charge in [-0.15, -0.1) is 11.8 Å². The van der Waals surface area contributed by atoms with Crippen LogP contribution in [0.1, 0.15) is 5.56 Å². The fourth-order valence-corrected chi connectivity index (χ4v) is 3.67. The normalized spacial score (nSPS) is 12.4. The van der Waals surface area contributed by atoms with Gasteiger partial charge in [-0.3, -0.25) is 0 Å². The molecule has 0 saturated carbocycles. The molecule has 0 aromatic heterocycles. The van der Waals surface area contributed by atoms with Gasteiger partial charge in [-0.1, -0.05) is 37.9 Å². The lowest BCUT2D eigenvalue weighted by Gasteiger charge is -2.13. The molecule has 1 unspecified atom stereocenters. The summed E-state index contributed by atoms with van der Waals surface area (Å²) in [5.74, 6) is 0.564. The van der Waals surface area contributed by atoms with Crippen molar-refractivity contribution in [3.63, 3.8) is 0 Å². The van der Waals surface area contributed by atoms with Crippen molar-refractivity contribution in [3.8, 4) is 0 Å². The summed E-state index contributed by atoms with van der Waals surface area (Å²) in [5.41, 5.74) is 7.04. The van der Waals surface area contributed by atoms with Crippen LogP contribution in [-0.4, -0.2) is 11.8 Å². The number of nitrogens with two attached hydrogens (primary N) is 1. The Bertz CT molecular complexity index is 592. The molecule has 106 valence electrons. The third-order valence-electron chi connectivity index (χ3n) is 2.75. The van der Waals surface area contributed by atoms with E-state index in [9.17, 15) is 4.39 Å². The summed E-state index contributed by atoms with van der Waals surface area (Å²) >= 11 is 8.59. The molecule has 0 aliphatic rings. The third kappa shape index (κ3) is 4.88. The van der Waals surface area contributed by atoms with E-state index in [2.05, 4.69) is 44.0 Å². The average molecular weight is 419 g/mol. The molecule has 0 fully saturated rings. The van der Waals surface area contributed by atoms with Gasteiger partial charge < -0.3 is 5.73 Å². The Morgan fingerprint density at radius 3 is 2.70 bits per heavy atom. The Hall–Kier alpha value is -0.360. The minimum absolute atomic E-state index is 0.0166. The summed E-state index contributed by atoms with van der Waals surface area (Å²) in [6.07, 6.45) is 0.652. The van der Waals surface area contributed by atoms with Crippen molar-refractivity contribution in [1.82, 2.24) is 0 Å². The van der Waals surface area contributed by atoms with Crippen LogP contribution in [0.5, 0.6) is 0 Å². The van der Waals surface area contributed by atoms with Crippen LogP contribution in [0, 0.1) is 5.82 Å². The van der Waals surface area contributed by atoms with Crippen molar-refractivity contribution < 1.29 is 4.39 Å². The number of thioether (sulfide) groups is 1. The first-order chi connectivity index (χ1) is 9.54. The SMILES string of the molecule is NC(CSc1cccc(Br)c1)Cc1cc(F)ccc1Br. The second-order valence-electron chi connectivity index (χ2n) is 4.47. The van der Waals surface area contributed by atoms with Gasteiger partial charge in [0.15, 0.2) is 0 Å². The zero-order valence-electron chi connectivity index (χ0n) is 10.7. The van der Waals surface area contributed by atoms with Crippen LogP contribution in [0.4, 0.5) is 4.39 Å². The smallest absolute Gasteiger partial charge is 0.123 e. The first-order valence-corrected chi connectivity index (χ1v) is 8.69. The molecule has 0 heterocycles. The van der Waals surface area contributed by atoms with E-state index in [-0.39, 0.29) is 11.9 Å². The molecule has 2 aromatic carbocycles. The van der Waals surface area contributed by atoms with Gasteiger partial charge in [0.1, 0.15) is 5.82 Å². The van der Waals surface area contributed by atoms with E-state index in [4.69, 9.17) is 5.73 Å². The average Bonchev–Trinajstić information content (AvgIpc) is 2.41. The van der Waals surface area contributed by atoms with Crippen molar-refractivity contribution in [3.05, 3.63) is 62.8 Å². The zero-order valence-corrected chi connectivity index (χ0v) is 14.6. The van der Waals surface area contributed by atoms with Gasteiger partial charge in [0.25, 0.3) is 0 Å². The number of hydrogen-bond donors (Lipinski definition) is 1. The molecule has 0 bridgehead atoms. The third-order valence-corrected chi connectivity index (χ3v) is 5.20. The number of hydrogen-bond acceptors (Lipinski definition) is 2. The molecule has 0 aliphatic carbocycles. The molecular weight excluding hydrogens is 405 g/mol. The van der Waals surface area contributed by atoms with E-state index in [1.807, 2.05) is 12.1 Å². The van der Waals surface area contributed by atoms with Crippen LogP contribution >= 0.6 is 43.6 Å². The quantitative estimate of drug-likeness (QED) is 0.690. The topological polar surface area (TPSA) is 26.0 Å². The van der Waals surface area contributed by atoms with Crippen LogP contribution < -0.4 is 5.73 Å². The summed E-state index contributed by atoms with van der Waals surface area (Å²) in [6.45, 7) is 0. The van der Waals surface area contributed by atoms with Crippen molar-refractivity contribution >= 4 is 43.6 Å². The Balaban J connectivity index is 1.92. The van der Waals surface area contributed by atoms with Gasteiger partial charge >= 0.3 is 0 Å². The van der Waals surface area contributed by atoms with E-state index in [0.29, 0.717) is 6.42 Å². The monoisotopic (exact) mass is 417 g/mol. The molecule has 1 nitrogen and oxygen atoms in total. The Kier molecular flexibility index (Phi) is 6.08. The first-order valence-electron chi connectivity index (χ1n) is 6.12. The van der Waals surface area contributed by atoms with Crippen LogP contribution in [0.2, 0.25) is 0 Å². The maximum Gasteiger partial charge on any atom is 0.123 e. The molecule has 2 N–H and O–H groups in total. The summed E-state index contributed by atoms with van der Waals surface area (Å²) in [4.78, 5) is 1.17. The Morgan fingerprint density at radius 2 is 1.95 bits per heavy atom. The van der Waals surface area contributed by atoms with Crippen molar-refractivity contribution in [1.29, 1.82) is 0 Å². The minimum Gasteiger partial charge on any atom is -0.327 e. The van der Waals surface area contributed by atoms with Gasteiger partial charge in [0.05, 0.1) is 0 Å². The molecule has 0 amide bonds. The molecule has 0 aliphatic heterocycles. The van der Waals surface area contributed by atoms with E-state index >= 15 is 0 Å². The highest BCUT2D eigenvalue weighted by Gasteiger charge is 2.09. The standard InChI is InChI=1S/C15H14Br2FNS/c16-11-2-1-3-14(8-11)20-9-13(19)7-10-6-12(18)4-5-15(10)17/h1-6,8,13H,7,9,19H2. The summed E-state index contributed by atoms with van der Waals surface area (Å²) in [5, 5.41) is 0. The number of benzene rings is 2. The minimum atomic E-state index is -0.227. The van der Waals surface area contributed by atoms with Crippen molar-refractivity contribution in [2.45, 2.75) is 17.4 Å². The number of halogens is 3. The predicted molar refractivity (Wildman–Crippen MR) is 90.6 cm³/mol. The maximum absolute atomic E-state index is 13.2. The van der Waals surface area contributed by atoms with E-state index in [0.717, 1.165) is 20.3 Å². The van der Waals surface area contributed by atoms with E-state index in [1.54, 1.807) is 17.8 Å². The number of rotatable bonds is 5. The van der Waals surface area contributed by atoms with Crippen LogP contribution in [0.3, 0.4) is 0 Å². The van der Waals surface area contributed by atoms with Crippen LogP contribution in [0.15, 0.2) is 56.3 Å². The molecule has 0 spiro atoms. The lowest BCUT2D eigenvalue weighted by Crippen LogP contribution is -2.25. The van der Waals surface area contributed by atoms with Crippen LogP contribution in [-0.2, 0) is 6.42 Å². The molecule has 20 heavy (non-hydrogen) atoms. The second-order valence-corrected chi connectivity index (χ2v) is 7.33. The summed E-state index contributed by atoms with van der Waals surface area (Å²) < 4.78 is 15.2. The first kappa shape index (κ1) is 16.0. The van der Waals surface area contributed by atoms with E-state index < -0.39 is 0 Å². The highest BCUT2D eigenvalue weighted by atomic mass is 79.9. The summed E-state index contributed by atoms with van der Waals surface area (Å²) in [6, 6.07) is 12.8. The van der Waals surface area contributed by atoms with E-state index in [1.165, 1.54) is 17.0 Å².